The van der Waals surface area contributed by atoms with E-state index in [-0.39, 0.29) is 5.91 Å². The van der Waals surface area contributed by atoms with Gasteiger partial charge >= 0.3 is 0 Å². The molecule has 1 N–H and O–H groups in total. The Kier molecular flexibility index (Phi) is 3.70. The summed E-state index contributed by atoms with van der Waals surface area (Å²) in [6, 6.07) is 17.7. The number of aliphatic imine (C=N–C) groups is 1. The molecule has 1 fully saturated rings. The molecular formula is C19H14N2O2S. The number of rotatable bonds is 2. The van der Waals surface area contributed by atoms with E-state index in [0.29, 0.717) is 15.8 Å². The van der Waals surface area contributed by atoms with Crippen molar-refractivity contribution in [2.45, 2.75) is 6.92 Å². The fraction of sp³-hybridized carbons (Fsp3) is 0.0526. The van der Waals surface area contributed by atoms with Gasteiger partial charge in [-0.15, -0.1) is 0 Å². The molecule has 0 atom stereocenters. The molecule has 0 bridgehead atoms. The number of nitrogens with one attached hydrogen (secondary N) is 1. The monoisotopic (exact) mass is 334 g/mol. The number of aryl methyl sites for hydroxylation is 1. The predicted molar refractivity (Wildman–Crippen MR) is 98.2 cm³/mol. The molecule has 1 aliphatic heterocycles. The van der Waals surface area contributed by atoms with Crippen LogP contribution in [-0.2, 0) is 4.79 Å². The van der Waals surface area contributed by atoms with Crippen LogP contribution in [0.3, 0.4) is 0 Å². The Bertz CT molecular complexity index is 996. The van der Waals surface area contributed by atoms with Crippen LogP contribution < -0.4 is 5.32 Å². The minimum absolute atomic E-state index is 0.159. The van der Waals surface area contributed by atoms with E-state index in [9.17, 15) is 4.79 Å². The summed E-state index contributed by atoms with van der Waals surface area (Å²) in [4.78, 5) is 17.3. The number of nitrogens with zero attached hydrogens (tertiary/aromatic N) is 1. The molecule has 118 valence electrons. The van der Waals surface area contributed by atoms with Crippen molar-refractivity contribution in [3.63, 3.8) is 0 Å². The van der Waals surface area contributed by atoms with Gasteiger partial charge in [0.25, 0.3) is 5.91 Å². The molecule has 1 saturated heterocycles. The first-order chi connectivity index (χ1) is 11.7. The van der Waals surface area contributed by atoms with Crippen molar-refractivity contribution in [1.82, 2.24) is 5.32 Å². The number of amidine groups is 1. The third-order valence-corrected chi connectivity index (χ3v) is 4.58. The maximum absolute atomic E-state index is 12.1. The van der Waals surface area contributed by atoms with E-state index in [0.717, 1.165) is 22.2 Å². The van der Waals surface area contributed by atoms with Crippen LogP contribution in [0.25, 0.3) is 16.8 Å². The zero-order valence-electron chi connectivity index (χ0n) is 12.9. The lowest BCUT2D eigenvalue weighted by atomic mass is 10.1. The van der Waals surface area contributed by atoms with Crippen molar-refractivity contribution in [3.05, 3.63) is 71.0 Å². The minimum Gasteiger partial charge on any atom is -0.462 e. The number of benzene rings is 2. The van der Waals surface area contributed by atoms with Crippen molar-refractivity contribution < 1.29 is 9.21 Å². The molecule has 2 heterocycles. The minimum atomic E-state index is -0.159. The molecule has 1 aromatic heterocycles. The molecule has 0 aliphatic carbocycles. The van der Waals surface area contributed by atoms with Crippen LogP contribution in [-0.4, -0.2) is 11.1 Å². The fourth-order valence-corrected chi connectivity index (χ4v) is 3.37. The van der Waals surface area contributed by atoms with Crippen LogP contribution in [0.2, 0.25) is 0 Å². The van der Waals surface area contributed by atoms with Gasteiger partial charge in [0.1, 0.15) is 11.5 Å². The van der Waals surface area contributed by atoms with E-state index >= 15 is 0 Å². The summed E-state index contributed by atoms with van der Waals surface area (Å²) in [5.74, 6) is 1.32. The number of carbonyl (C=O) groups excluding carboxylic acids is 1. The highest BCUT2D eigenvalue weighted by atomic mass is 32.2. The van der Waals surface area contributed by atoms with Crippen LogP contribution in [0.1, 0.15) is 11.5 Å². The van der Waals surface area contributed by atoms with Crippen molar-refractivity contribution in [3.8, 4) is 0 Å². The summed E-state index contributed by atoms with van der Waals surface area (Å²) in [5.41, 5.74) is 0.839. The van der Waals surface area contributed by atoms with Gasteiger partial charge in [0.15, 0.2) is 5.17 Å². The number of amides is 1. The predicted octanol–water partition coefficient (Wildman–Crippen LogP) is 4.63. The van der Waals surface area contributed by atoms with Crippen molar-refractivity contribution in [2.24, 2.45) is 4.99 Å². The van der Waals surface area contributed by atoms with E-state index in [2.05, 4.69) is 10.3 Å². The first-order valence-corrected chi connectivity index (χ1v) is 8.34. The van der Waals surface area contributed by atoms with Gasteiger partial charge in [0.05, 0.1) is 10.6 Å². The van der Waals surface area contributed by atoms with Crippen LogP contribution >= 0.6 is 11.8 Å². The summed E-state index contributed by atoms with van der Waals surface area (Å²) in [6.45, 7) is 1.87. The molecule has 0 saturated carbocycles. The van der Waals surface area contributed by atoms with Gasteiger partial charge < -0.3 is 9.73 Å². The summed E-state index contributed by atoms with van der Waals surface area (Å²) in [5, 5.41) is 5.56. The van der Waals surface area contributed by atoms with Gasteiger partial charge in [-0.25, -0.2) is 4.99 Å². The van der Waals surface area contributed by atoms with Gasteiger partial charge in [0, 0.05) is 11.5 Å². The molecule has 0 radical (unpaired) electrons. The summed E-state index contributed by atoms with van der Waals surface area (Å²) in [7, 11) is 0. The Morgan fingerprint density at radius 1 is 1.08 bits per heavy atom. The molecule has 1 aliphatic rings. The normalized spacial score (nSPS) is 17.8. The average Bonchev–Trinajstić information content (AvgIpc) is 3.14. The van der Waals surface area contributed by atoms with Crippen LogP contribution in [0.15, 0.2) is 68.9 Å². The maximum Gasteiger partial charge on any atom is 0.264 e. The van der Waals surface area contributed by atoms with Gasteiger partial charge in [-0.2, -0.15) is 0 Å². The SMILES string of the molecule is Cc1ccc(C=C2SC(=Nc3cccc4ccccc34)NC2=O)o1. The number of hydrogen-bond acceptors (Lipinski definition) is 4. The highest BCUT2D eigenvalue weighted by Crippen LogP contribution is 2.31. The molecule has 4 nitrogen and oxygen atoms in total. The van der Waals surface area contributed by atoms with E-state index in [4.69, 9.17) is 4.42 Å². The topological polar surface area (TPSA) is 54.6 Å². The Labute approximate surface area is 143 Å². The van der Waals surface area contributed by atoms with Gasteiger partial charge in [-0.1, -0.05) is 36.4 Å². The molecule has 5 heteroatoms. The Balaban J connectivity index is 1.67. The van der Waals surface area contributed by atoms with E-state index in [1.807, 2.05) is 61.5 Å². The molecule has 24 heavy (non-hydrogen) atoms. The van der Waals surface area contributed by atoms with Crippen molar-refractivity contribution in [1.29, 1.82) is 0 Å². The van der Waals surface area contributed by atoms with Crippen LogP contribution in [0.4, 0.5) is 5.69 Å². The highest BCUT2D eigenvalue weighted by Gasteiger charge is 2.24. The Hall–Kier alpha value is -2.79. The average molecular weight is 334 g/mol. The smallest absolute Gasteiger partial charge is 0.264 e. The molecule has 2 aromatic carbocycles. The van der Waals surface area contributed by atoms with E-state index < -0.39 is 0 Å². The van der Waals surface area contributed by atoms with Gasteiger partial charge in [-0.3, -0.25) is 4.79 Å². The quantitative estimate of drug-likeness (QED) is 0.695. The molecule has 4 rings (SSSR count). The zero-order chi connectivity index (χ0) is 16.5. The number of fused-ring (bicyclic) bond motifs is 1. The zero-order valence-corrected chi connectivity index (χ0v) is 13.8. The highest BCUT2D eigenvalue weighted by molar-refractivity contribution is 8.18. The lowest BCUT2D eigenvalue weighted by Gasteiger charge is -2.02. The van der Waals surface area contributed by atoms with Crippen molar-refractivity contribution in [2.75, 3.05) is 0 Å². The largest absolute Gasteiger partial charge is 0.462 e. The Morgan fingerprint density at radius 3 is 2.75 bits per heavy atom. The summed E-state index contributed by atoms with van der Waals surface area (Å²) in [6.07, 6.45) is 1.73. The number of carbonyl (C=O) groups is 1. The summed E-state index contributed by atoms with van der Waals surface area (Å²) < 4.78 is 5.50. The lowest BCUT2D eigenvalue weighted by Crippen LogP contribution is -2.19. The van der Waals surface area contributed by atoms with Crippen molar-refractivity contribution >= 4 is 45.4 Å². The van der Waals surface area contributed by atoms with E-state index in [1.165, 1.54) is 11.8 Å². The van der Waals surface area contributed by atoms with Crippen LogP contribution in [0, 0.1) is 6.92 Å². The molecule has 1 amide bonds. The second kappa shape index (κ2) is 6.02. The maximum atomic E-state index is 12.1. The van der Waals surface area contributed by atoms with Gasteiger partial charge in [-0.05, 0) is 42.3 Å². The molecule has 3 aromatic rings. The second-order valence-corrected chi connectivity index (χ2v) is 6.46. The fourth-order valence-electron chi connectivity index (χ4n) is 2.56. The molecular weight excluding hydrogens is 320 g/mol. The third-order valence-electron chi connectivity index (χ3n) is 3.67. The first-order valence-electron chi connectivity index (χ1n) is 7.53. The second-order valence-electron chi connectivity index (χ2n) is 5.43. The standard InChI is InChI=1S/C19H14N2O2S/c1-12-9-10-14(23-12)11-17-18(22)21-19(24-17)20-16-8-4-6-13-5-2-3-7-15(13)16/h2-11H,1H3,(H,20,21,22). The number of furan rings is 1. The lowest BCUT2D eigenvalue weighted by molar-refractivity contribution is -0.115. The van der Waals surface area contributed by atoms with Gasteiger partial charge in [0.2, 0.25) is 0 Å². The third kappa shape index (κ3) is 2.86. The van der Waals surface area contributed by atoms with Crippen LogP contribution in [0.5, 0.6) is 0 Å². The van der Waals surface area contributed by atoms with E-state index in [1.54, 1.807) is 6.08 Å². The summed E-state index contributed by atoms with van der Waals surface area (Å²) >= 11 is 1.32. The Morgan fingerprint density at radius 2 is 1.92 bits per heavy atom. The molecule has 0 spiro atoms. The molecule has 0 unspecified atom stereocenters. The first kappa shape index (κ1) is 14.8. The number of thioether (sulfide) groups is 1. The number of hydrogen-bond donors (Lipinski definition) is 1.